The lowest BCUT2D eigenvalue weighted by Crippen LogP contribution is -2.39. The van der Waals surface area contributed by atoms with E-state index in [9.17, 15) is 4.79 Å². The maximum atomic E-state index is 12.5. The number of fused-ring (bicyclic) bond motifs is 3. The highest BCUT2D eigenvalue weighted by atomic mass is 35.5. The molecule has 1 aromatic carbocycles. The van der Waals surface area contributed by atoms with Gasteiger partial charge in [0.2, 0.25) is 0 Å². The minimum Gasteiger partial charge on any atom is -0.482 e. The fourth-order valence-corrected chi connectivity index (χ4v) is 3.55. The largest absolute Gasteiger partial charge is 0.482 e. The molecular weight excluding hydrogens is 375 g/mol. The second-order valence-corrected chi connectivity index (χ2v) is 7.06. The number of amides is 1. The van der Waals surface area contributed by atoms with E-state index in [4.69, 9.17) is 27.9 Å². The molecule has 0 radical (unpaired) electrons. The zero-order valence-corrected chi connectivity index (χ0v) is 15.6. The molecule has 0 fully saturated rings. The first kappa shape index (κ1) is 17.1. The van der Waals surface area contributed by atoms with Crippen molar-refractivity contribution >= 4 is 34.8 Å². The predicted octanol–water partition coefficient (Wildman–Crippen LogP) is 3.31. The molecule has 3 aromatic rings. The van der Waals surface area contributed by atoms with Crippen molar-refractivity contribution in [3.63, 3.8) is 0 Å². The number of hydrogen-bond acceptors (Lipinski definition) is 4. The Hall–Kier alpha value is -2.31. The summed E-state index contributed by atoms with van der Waals surface area (Å²) in [7, 11) is 0. The number of aryl methyl sites for hydroxylation is 1. The maximum Gasteiger partial charge on any atom is 0.260 e. The van der Waals surface area contributed by atoms with Crippen LogP contribution in [0.5, 0.6) is 5.75 Å². The van der Waals surface area contributed by atoms with Gasteiger partial charge >= 0.3 is 0 Å². The minimum atomic E-state index is -0.0987. The van der Waals surface area contributed by atoms with E-state index in [0.29, 0.717) is 28.9 Å². The molecular formula is C18H16Cl2N4O2. The Balaban J connectivity index is 1.46. The molecule has 0 saturated heterocycles. The molecule has 0 bridgehead atoms. The first-order valence-electron chi connectivity index (χ1n) is 8.20. The molecule has 4 rings (SSSR count). The number of carbonyl (C=O) groups is 1. The molecule has 0 aliphatic carbocycles. The fraction of sp³-hybridized carbons (Fsp3) is 0.278. The molecule has 0 atom stereocenters. The summed E-state index contributed by atoms with van der Waals surface area (Å²) in [6, 6.07) is 6.86. The Labute approximate surface area is 160 Å². The lowest BCUT2D eigenvalue weighted by Gasteiger charge is -2.28. The van der Waals surface area contributed by atoms with E-state index in [-0.39, 0.29) is 12.5 Å². The lowest BCUT2D eigenvalue weighted by atomic mass is 10.1. The summed E-state index contributed by atoms with van der Waals surface area (Å²) in [5.74, 6) is 0.343. The second kappa shape index (κ2) is 6.78. The van der Waals surface area contributed by atoms with Crippen molar-refractivity contribution in [2.45, 2.75) is 19.9 Å². The van der Waals surface area contributed by atoms with E-state index in [1.54, 1.807) is 23.1 Å². The molecule has 0 spiro atoms. The highest BCUT2D eigenvalue weighted by Gasteiger charge is 2.24. The third-order valence-corrected chi connectivity index (χ3v) is 4.90. The van der Waals surface area contributed by atoms with E-state index >= 15 is 0 Å². The summed E-state index contributed by atoms with van der Waals surface area (Å²) in [5.41, 5.74) is 3.87. The summed E-state index contributed by atoms with van der Waals surface area (Å²) in [6.07, 6.45) is 2.55. The Morgan fingerprint density at radius 2 is 2.15 bits per heavy atom. The minimum absolute atomic E-state index is 0.0762. The van der Waals surface area contributed by atoms with Crippen LogP contribution in [0.15, 0.2) is 30.5 Å². The third kappa shape index (κ3) is 3.22. The molecule has 2 aromatic heterocycles. The third-order valence-electron chi connectivity index (χ3n) is 4.37. The average molecular weight is 391 g/mol. The number of benzene rings is 1. The number of aromatic nitrogens is 3. The van der Waals surface area contributed by atoms with Gasteiger partial charge in [-0.3, -0.25) is 4.79 Å². The topological polar surface area (TPSA) is 59.7 Å². The van der Waals surface area contributed by atoms with Crippen LogP contribution < -0.4 is 4.74 Å². The van der Waals surface area contributed by atoms with E-state index in [2.05, 4.69) is 10.1 Å². The predicted molar refractivity (Wildman–Crippen MR) is 98.8 cm³/mol. The van der Waals surface area contributed by atoms with Crippen molar-refractivity contribution < 1.29 is 9.53 Å². The van der Waals surface area contributed by atoms with Gasteiger partial charge in [0.25, 0.3) is 5.91 Å². The lowest BCUT2D eigenvalue weighted by molar-refractivity contribution is -0.134. The Bertz CT molecular complexity index is 1000. The molecule has 0 saturated carbocycles. The van der Waals surface area contributed by atoms with Crippen LogP contribution in [0.3, 0.4) is 0 Å². The molecule has 6 nitrogen and oxygen atoms in total. The summed E-state index contributed by atoms with van der Waals surface area (Å²) in [6.45, 7) is 2.97. The van der Waals surface area contributed by atoms with Crippen LogP contribution in [-0.2, 0) is 17.8 Å². The van der Waals surface area contributed by atoms with Gasteiger partial charge in [0, 0.05) is 42.4 Å². The van der Waals surface area contributed by atoms with E-state index in [1.165, 1.54) is 0 Å². The zero-order chi connectivity index (χ0) is 18.3. The molecule has 1 aliphatic heterocycles. The van der Waals surface area contributed by atoms with Crippen LogP contribution >= 0.6 is 23.2 Å². The molecule has 1 aliphatic rings. The van der Waals surface area contributed by atoms with Crippen LogP contribution in [-0.4, -0.2) is 38.6 Å². The van der Waals surface area contributed by atoms with Gasteiger partial charge < -0.3 is 9.64 Å². The number of carbonyl (C=O) groups excluding carboxylic acids is 1. The Morgan fingerprint density at radius 1 is 1.31 bits per heavy atom. The highest BCUT2D eigenvalue weighted by Crippen LogP contribution is 2.27. The van der Waals surface area contributed by atoms with Crippen LogP contribution in [0.4, 0.5) is 0 Å². The Morgan fingerprint density at radius 3 is 2.96 bits per heavy atom. The smallest absolute Gasteiger partial charge is 0.260 e. The average Bonchev–Trinajstić information content (AvgIpc) is 3.01. The molecule has 0 unspecified atom stereocenters. The van der Waals surface area contributed by atoms with Gasteiger partial charge in [-0.1, -0.05) is 23.2 Å². The summed E-state index contributed by atoms with van der Waals surface area (Å²) in [5, 5.41) is 5.40. The summed E-state index contributed by atoms with van der Waals surface area (Å²) < 4.78 is 7.42. The van der Waals surface area contributed by atoms with Crippen molar-refractivity contribution in [1.82, 2.24) is 19.5 Å². The number of hydrogen-bond donors (Lipinski definition) is 0. The van der Waals surface area contributed by atoms with Crippen molar-refractivity contribution in [3.8, 4) is 5.75 Å². The van der Waals surface area contributed by atoms with Crippen molar-refractivity contribution in [1.29, 1.82) is 0 Å². The van der Waals surface area contributed by atoms with Crippen LogP contribution in [0.1, 0.15) is 17.0 Å². The molecule has 134 valence electrons. The SMILES string of the molecule is Cc1cc2ncc3c(n2n1)CCN(C(=O)COc1ccc(Cl)cc1Cl)C3. The van der Waals surface area contributed by atoms with Gasteiger partial charge in [0.15, 0.2) is 12.3 Å². The Kier molecular flexibility index (Phi) is 4.46. The van der Waals surface area contributed by atoms with Crippen molar-refractivity contribution in [2.75, 3.05) is 13.2 Å². The van der Waals surface area contributed by atoms with Crippen LogP contribution in [0.25, 0.3) is 5.65 Å². The van der Waals surface area contributed by atoms with Crippen molar-refractivity contribution in [2.24, 2.45) is 0 Å². The quantitative estimate of drug-likeness (QED) is 0.688. The summed E-state index contributed by atoms with van der Waals surface area (Å²) >= 11 is 11.9. The van der Waals surface area contributed by atoms with E-state index in [1.807, 2.05) is 23.7 Å². The standard InChI is InChI=1S/C18H16Cl2N4O2/c1-11-6-17-21-8-12-9-23(5-4-15(12)24(17)22-11)18(25)10-26-16-3-2-13(19)7-14(16)20/h2-3,6-8H,4-5,9-10H2,1H3. The van der Waals surface area contributed by atoms with E-state index in [0.717, 1.165) is 29.0 Å². The van der Waals surface area contributed by atoms with Crippen molar-refractivity contribution in [3.05, 3.63) is 57.5 Å². The second-order valence-electron chi connectivity index (χ2n) is 6.21. The molecule has 26 heavy (non-hydrogen) atoms. The van der Waals surface area contributed by atoms with Gasteiger partial charge in [-0.2, -0.15) is 5.10 Å². The van der Waals surface area contributed by atoms with Gasteiger partial charge in [-0.15, -0.1) is 0 Å². The first-order valence-corrected chi connectivity index (χ1v) is 8.95. The molecule has 0 N–H and O–H groups in total. The van der Waals surface area contributed by atoms with E-state index < -0.39 is 0 Å². The molecule has 3 heterocycles. The number of nitrogens with zero attached hydrogens (tertiary/aromatic N) is 4. The monoisotopic (exact) mass is 390 g/mol. The maximum absolute atomic E-state index is 12.5. The van der Waals surface area contributed by atoms with Gasteiger partial charge in [0.05, 0.1) is 16.4 Å². The summed E-state index contributed by atoms with van der Waals surface area (Å²) in [4.78, 5) is 18.7. The fourth-order valence-electron chi connectivity index (χ4n) is 3.09. The van der Waals surface area contributed by atoms with Crippen LogP contribution in [0, 0.1) is 6.92 Å². The number of ether oxygens (including phenoxy) is 1. The van der Waals surface area contributed by atoms with Gasteiger partial charge in [0.1, 0.15) is 5.75 Å². The number of rotatable bonds is 3. The van der Waals surface area contributed by atoms with Crippen LogP contribution in [0.2, 0.25) is 10.0 Å². The zero-order valence-electron chi connectivity index (χ0n) is 14.1. The normalized spacial score (nSPS) is 13.7. The first-order chi connectivity index (χ1) is 12.5. The molecule has 1 amide bonds. The highest BCUT2D eigenvalue weighted by molar-refractivity contribution is 6.35. The van der Waals surface area contributed by atoms with Gasteiger partial charge in [-0.25, -0.2) is 9.50 Å². The molecule has 8 heteroatoms. The number of halogens is 2. The van der Waals surface area contributed by atoms with Gasteiger partial charge in [-0.05, 0) is 25.1 Å².